The highest BCUT2D eigenvalue weighted by Crippen LogP contribution is 2.62. The molecule has 8 nitrogen and oxygen atoms in total. The van der Waals surface area contributed by atoms with Crippen LogP contribution in [-0.2, 0) is 6.54 Å². The van der Waals surface area contributed by atoms with Gasteiger partial charge in [-0.05, 0) is 99.4 Å². The van der Waals surface area contributed by atoms with Gasteiger partial charge in [0.15, 0.2) is 0 Å². The second kappa shape index (κ2) is 11.9. The minimum absolute atomic E-state index is 0.0152. The molecule has 1 aromatic heterocycles. The van der Waals surface area contributed by atoms with Crippen LogP contribution < -0.4 is 15.4 Å². The Morgan fingerprint density at radius 3 is 2.51 bits per heavy atom. The summed E-state index contributed by atoms with van der Waals surface area (Å²) >= 11 is 0. The lowest BCUT2D eigenvalue weighted by Gasteiger charge is -2.60. The van der Waals surface area contributed by atoms with Crippen LogP contribution in [0.1, 0.15) is 75.3 Å². The monoisotopic (exact) mass is 596 g/mol. The third kappa shape index (κ3) is 6.74. The highest BCUT2D eigenvalue weighted by Gasteiger charge is 2.56. The van der Waals surface area contributed by atoms with Crippen molar-refractivity contribution in [1.82, 2.24) is 9.97 Å². The molecule has 4 bridgehead atoms. The predicted octanol–water partition coefficient (Wildman–Crippen LogP) is 6.67. The standard InChI is InChI=1S/C32H39F3N6O2/c33-32(34,35)43-27-4-2-1-3-21(27)16-38-30-39-17-24(15-36)29(41-30)40-18-31-12-20-9-22(13-31)28(23(10-20)14-31)26(37)11-19-5-7-25(42)8-6-19/h1-4,17,19-20,22-23,25,28,37,42H,5-14,16,18H2,(H2,38,39,40,41)/t19?,20?,22-,23+,25?,28?,31?. The van der Waals surface area contributed by atoms with E-state index in [2.05, 4.69) is 31.4 Å². The number of aliphatic hydroxyl groups is 1. The molecule has 0 saturated heterocycles. The van der Waals surface area contributed by atoms with Gasteiger partial charge in [-0.2, -0.15) is 10.2 Å². The number of hydrogen-bond acceptors (Lipinski definition) is 8. The SMILES string of the molecule is N#Cc1cnc(NCc2ccccc2OC(F)(F)F)nc1NCC12CC3C[C@H](C1)C(C(=N)CC1CCC(O)CC1)[C@@H](C3)C2. The van der Waals surface area contributed by atoms with E-state index >= 15 is 0 Å². The van der Waals surface area contributed by atoms with Crippen molar-refractivity contribution in [3.8, 4) is 11.8 Å². The molecule has 5 atom stereocenters. The van der Waals surface area contributed by atoms with Crippen LogP contribution in [0.25, 0.3) is 0 Å². The fraction of sp³-hybridized carbons (Fsp3) is 0.625. The molecule has 2 aromatic rings. The van der Waals surface area contributed by atoms with Crippen LogP contribution in [0.4, 0.5) is 24.9 Å². The number of para-hydroxylation sites is 1. The first kappa shape index (κ1) is 29.7. The zero-order valence-electron chi connectivity index (χ0n) is 24.2. The number of ether oxygens (including phenoxy) is 1. The normalized spacial score (nSPS) is 31.3. The molecule has 4 N–H and O–H groups in total. The van der Waals surface area contributed by atoms with E-state index in [0.29, 0.717) is 53.1 Å². The van der Waals surface area contributed by atoms with Gasteiger partial charge in [0.05, 0.1) is 12.3 Å². The second-order valence-corrected chi connectivity index (χ2v) is 13.3. The first-order chi connectivity index (χ1) is 20.6. The maximum absolute atomic E-state index is 12.8. The van der Waals surface area contributed by atoms with Crippen LogP contribution in [0, 0.1) is 51.7 Å². The summed E-state index contributed by atoms with van der Waals surface area (Å²) < 4.78 is 42.6. The molecule has 5 saturated carbocycles. The zero-order valence-corrected chi connectivity index (χ0v) is 24.2. The number of alkyl halides is 3. The third-order valence-electron chi connectivity index (χ3n) is 10.3. The van der Waals surface area contributed by atoms with Gasteiger partial charge >= 0.3 is 6.36 Å². The molecule has 43 heavy (non-hydrogen) atoms. The van der Waals surface area contributed by atoms with Crippen molar-refractivity contribution in [3.05, 3.63) is 41.6 Å². The molecule has 0 amide bonds. The van der Waals surface area contributed by atoms with E-state index in [9.17, 15) is 23.5 Å². The fourth-order valence-corrected chi connectivity index (χ4v) is 8.78. The van der Waals surface area contributed by atoms with Gasteiger partial charge in [-0.25, -0.2) is 4.98 Å². The summed E-state index contributed by atoms with van der Waals surface area (Å²) in [5.41, 5.74) is 1.64. The maximum atomic E-state index is 12.8. The molecule has 5 aliphatic carbocycles. The molecule has 230 valence electrons. The van der Waals surface area contributed by atoms with Gasteiger partial charge in [0, 0.05) is 30.3 Å². The molecule has 5 aliphatic rings. The van der Waals surface area contributed by atoms with Crippen LogP contribution in [-0.4, -0.2) is 39.8 Å². The number of rotatable bonds is 10. The van der Waals surface area contributed by atoms with E-state index < -0.39 is 6.36 Å². The van der Waals surface area contributed by atoms with Crippen LogP contribution >= 0.6 is 0 Å². The quantitative estimate of drug-likeness (QED) is 0.226. The highest BCUT2D eigenvalue weighted by molar-refractivity contribution is 5.85. The van der Waals surface area contributed by atoms with E-state index in [1.807, 2.05) is 0 Å². The average molecular weight is 597 g/mol. The van der Waals surface area contributed by atoms with Crippen molar-refractivity contribution in [1.29, 1.82) is 10.7 Å². The van der Waals surface area contributed by atoms with Crippen LogP contribution in [0.5, 0.6) is 5.75 Å². The van der Waals surface area contributed by atoms with Crippen molar-refractivity contribution in [2.75, 3.05) is 17.2 Å². The molecular formula is C32H39F3N6O2. The highest BCUT2D eigenvalue weighted by atomic mass is 19.4. The number of aliphatic hydroxyl groups excluding tert-OH is 1. The number of anilines is 2. The largest absolute Gasteiger partial charge is 0.573 e. The zero-order chi connectivity index (χ0) is 30.2. The molecule has 7 rings (SSSR count). The number of hydrogen-bond donors (Lipinski definition) is 4. The summed E-state index contributed by atoms with van der Waals surface area (Å²) in [5.74, 6) is 2.94. The molecule has 0 radical (unpaired) electrons. The molecule has 0 aliphatic heterocycles. The van der Waals surface area contributed by atoms with E-state index in [1.165, 1.54) is 37.2 Å². The Morgan fingerprint density at radius 1 is 1.09 bits per heavy atom. The average Bonchev–Trinajstić information content (AvgIpc) is 2.95. The first-order valence-electron chi connectivity index (χ1n) is 15.4. The van der Waals surface area contributed by atoms with Gasteiger partial charge in [-0.3, -0.25) is 0 Å². The van der Waals surface area contributed by atoms with Gasteiger partial charge in [-0.1, -0.05) is 18.2 Å². The molecule has 5 fully saturated rings. The Hall–Kier alpha value is -3.39. The molecule has 3 unspecified atom stereocenters. The number of nitriles is 1. The lowest BCUT2D eigenvalue weighted by Crippen LogP contribution is -2.55. The molecule has 0 spiro atoms. The van der Waals surface area contributed by atoms with Crippen molar-refractivity contribution in [2.45, 2.75) is 83.2 Å². The number of benzene rings is 1. The number of nitrogens with one attached hydrogen (secondary N) is 3. The van der Waals surface area contributed by atoms with Gasteiger partial charge in [0.2, 0.25) is 5.95 Å². The Kier molecular flexibility index (Phi) is 8.24. The van der Waals surface area contributed by atoms with E-state index in [0.717, 1.165) is 57.1 Å². The summed E-state index contributed by atoms with van der Waals surface area (Å²) in [4.78, 5) is 8.72. The number of halogens is 3. The topological polar surface area (TPSA) is 127 Å². The minimum Gasteiger partial charge on any atom is -0.405 e. The lowest BCUT2D eigenvalue weighted by molar-refractivity contribution is -0.274. The Morgan fingerprint density at radius 2 is 1.81 bits per heavy atom. The van der Waals surface area contributed by atoms with Gasteiger partial charge in [-0.15, -0.1) is 13.2 Å². The Balaban J connectivity index is 1.10. The predicted molar refractivity (Wildman–Crippen MR) is 155 cm³/mol. The molecule has 11 heteroatoms. The van der Waals surface area contributed by atoms with Crippen molar-refractivity contribution < 1.29 is 23.0 Å². The number of aromatic nitrogens is 2. The minimum atomic E-state index is -4.80. The Labute approximate surface area is 250 Å². The summed E-state index contributed by atoms with van der Waals surface area (Å²) in [6, 6.07) is 8.05. The van der Waals surface area contributed by atoms with Crippen LogP contribution in [0.2, 0.25) is 0 Å². The van der Waals surface area contributed by atoms with E-state index in [-0.39, 0.29) is 29.8 Å². The fourth-order valence-electron chi connectivity index (χ4n) is 8.78. The van der Waals surface area contributed by atoms with Crippen molar-refractivity contribution >= 4 is 17.5 Å². The van der Waals surface area contributed by atoms with Gasteiger partial charge in [0.1, 0.15) is 23.2 Å². The van der Waals surface area contributed by atoms with Crippen molar-refractivity contribution in [2.24, 2.45) is 35.0 Å². The van der Waals surface area contributed by atoms with Gasteiger partial charge < -0.3 is 25.9 Å². The summed E-state index contributed by atoms with van der Waals surface area (Å²) in [6.45, 7) is 0.700. The summed E-state index contributed by atoms with van der Waals surface area (Å²) in [5, 5.41) is 35.1. The van der Waals surface area contributed by atoms with Crippen LogP contribution in [0.15, 0.2) is 30.5 Å². The first-order valence-corrected chi connectivity index (χ1v) is 15.4. The lowest BCUT2D eigenvalue weighted by atomic mass is 9.45. The Bertz CT molecular complexity index is 1350. The van der Waals surface area contributed by atoms with Gasteiger partial charge in [0.25, 0.3) is 0 Å². The molecular weight excluding hydrogens is 557 g/mol. The number of nitrogens with zero attached hydrogens (tertiary/aromatic N) is 3. The summed E-state index contributed by atoms with van der Waals surface area (Å²) in [7, 11) is 0. The van der Waals surface area contributed by atoms with E-state index in [4.69, 9.17) is 5.41 Å². The maximum Gasteiger partial charge on any atom is 0.573 e. The molecule has 1 heterocycles. The second-order valence-electron chi connectivity index (χ2n) is 13.3. The van der Waals surface area contributed by atoms with E-state index in [1.54, 1.807) is 6.07 Å². The smallest absolute Gasteiger partial charge is 0.405 e. The van der Waals surface area contributed by atoms with Crippen LogP contribution in [0.3, 0.4) is 0 Å². The molecule has 1 aromatic carbocycles. The summed E-state index contributed by atoms with van der Waals surface area (Å²) in [6.07, 6.45) is 6.75. The third-order valence-corrected chi connectivity index (χ3v) is 10.3. The van der Waals surface area contributed by atoms with Crippen molar-refractivity contribution in [3.63, 3.8) is 0 Å².